The van der Waals surface area contributed by atoms with Crippen molar-refractivity contribution in [3.63, 3.8) is 0 Å². The van der Waals surface area contributed by atoms with E-state index in [2.05, 4.69) is 33.7 Å². The van der Waals surface area contributed by atoms with Crippen LogP contribution in [0.3, 0.4) is 0 Å². The van der Waals surface area contributed by atoms with E-state index in [0.29, 0.717) is 42.0 Å². The van der Waals surface area contributed by atoms with Gasteiger partial charge in [-0.05, 0) is 62.0 Å². The molecule has 33 heavy (non-hydrogen) atoms. The fourth-order valence-corrected chi connectivity index (χ4v) is 4.17. The third-order valence-electron chi connectivity index (χ3n) is 6.44. The minimum Gasteiger partial charge on any atom is -0.478 e. The number of pyridine rings is 1. The second kappa shape index (κ2) is 12.1. The number of carbonyl (C=O) groups is 1. The highest BCUT2D eigenvalue weighted by Gasteiger charge is 2.21. The SMILES string of the molecule is Cc1nc(OCCCC2CCN(c3ncc(C(C)C)cn3)CC2)ccc1C(=O)C[C@H](C)CO. The van der Waals surface area contributed by atoms with Gasteiger partial charge in [-0.2, -0.15) is 0 Å². The quantitative estimate of drug-likeness (QED) is 0.393. The topological polar surface area (TPSA) is 88.4 Å². The molecule has 1 aliphatic heterocycles. The lowest BCUT2D eigenvalue weighted by Gasteiger charge is -2.32. The van der Waals surface area contributed by atoms with Crippen LogP contribution in [0.25, 0.3) is 0 Å². The predicted molar refractivity (Wildman–Crippen MR) is 130 cm³/mol. The zero-order valence-corrected chi connectivity index (χ0v) is 20.5. The number of anilines is 1. The molecule has 0 bridgehead atoms. The van der Waals surface area contributed by atoms with Crippen LogP contribution in [0.4, 0.5) is 5.95 Å². The Balaban J connectivity index is 1.37. The molecule has 0 amide bonds. The van der Waals surface area contributed by atoms with Gasteiger partial charge in [0.15, 0.2) is 5.78 Å². The van der Waals surface area contributed by atoms with Gasteiger partial charge >= 0.3 is 0 Å². The van der Waals surface area contributed by atoms with Crippen LogP contribution in [-0.2, 0) is 0 Å². The summed E-state index contributed by atoms with van der Waals surface area (Å²) in [5, 5.41) is 9.15. The Morgan fingerprint density at radius 3 is 2.48 bits per heavy atom. The van der Waals surface area contributed by atoms with Crippen molar-refractivity contribution in [2.24, 2.45) is 11.8 Å². The first-order chi connectivity index (χ1) is 15.9. The van der Waals surface area contributed by atoms with Gasteiger partial charge in [0.2, 0.25) is 11.8 Å². The number of ketones is 1. The molecule has 1 saturated heterocycles. The number of piperidine rings is 1. The Morgan fingerprint density at radius 1 is 1.18 bits per heavy atom. The van der Waals surface area contributed by atoms with E-state index >= 15 is 0 Å². The first-order valence-electron chi connectivity index (χ1n) is 12.2. The average Bonchev–Trinajstić information content (AvgIpc) is 2.82. The molecule has 1 fully saturated rings. The van der Waals surface area contributed by atoms with Crippen molar-refractivity contribution in [1.29, 1.82) is 0 Å². The van der Waals surface area contributed by atoms with E-state index in [1.807, 2.05) is 26.2 Å². The lowest BCUT2D eigenvalue weighted by Crippen LogP contribution is -2.35. The van der Waals surface area contributed by atoms with E-state index in [1.54, 1.807) is 12.1 Å². The lowest BCUT2D eigenvalue weighted by atomic mass is 9.92. The summed E-state index contributed by atoms with van der Waals surface area (Å²) >= 11 is 0. The molecule has 2 aromatic rings. The van der Waals surface area contributed by atoms with Crippen LogP contribution in [0.15, 0.2) is 24.5 Å². The fraction of sp³-hybridized carbons (Fsp3) is 0.615. The number of aliphatic hydroxyl groups excluding tert-OH is 1. The van der Waals surface area contributed by atoms with E-state index < -0.39 is 0 Å². The van der Waals surface area contributed by atoms with Crippen molar-refractivity contribution < 1.29 is 14.6 Å². The number of aromatic nitrogens is 3. The zero-order valence-electron chi connectivity index (χ0n) is 20.5. The molecule has 7 heteroatoms. The Morgan fingerprint density at radius 2 is 1.88 bits per heavy atom. The molecule has 3 heterocycles. The summed E-state index contributed by atoms with van der Waals surface area (Å²) in [6.07, 6.45) is 8.64. The molecule has 7 nitrogen and oxygen atoms in total. The minimum atomic E-state index is -0.0438. The third kappa shape index (κ3) is 7.22. The van der Waals surface area contributed by atoms with Gasteiger partial charge in [-0.15, -0.1) is 0 Å². The van der Waals surface area contributed by atoms with Crippen LogP contribution >= 0.6 is 0 Å². The van der Waals surface area contributed by atoms with Crippen LogP contribution in [-0.4, -0.2) is 52.1 Å². The molecule has 0 radical (unpaired) electrons. The number of carbonyl (C=O) groups excluding carboxylic acids is 1. The molecule has 1 N–H and O–H groups in total. The van der Waals surface area contributed by atoms with E-state index in [4.69, 9.17) is 9.84 Å². The third-order valence-corrected chi connectivity index (χ3v) is 6.44. The summed E-state index contributed by atoms with van der Waals surface area (Å²) in [6.45, 7) is 10.6. The van der Waals surface area contributed by atoms with Crippen molar-refractivity contribution in [2.45, 2.75) is 65.7 Å². The van der Waals surface area contributed by atoms with Gasteiger partial charge in [-0.1, -0.05) is 20.8 Å². The largest absolute Gasteiger partial charge is 0.478 e. The van der Waals surface area contributed by atoms with Crippen LogP contribution in [0.1, 0.15) is 80.4 Å². The van der Waals surface area contributed by atoms with E-state index in [0.717, 1.165) is 44.7 Å². The van der Waals surface area contributed by atoms with Gasteiger partial charge in [-0.25, -0.2) is 15.0 Å². The molecule has 0 saturated carbocycles. The van der Waals surface area contributed by atoms with Gasteiger partial charge in [0.1, 0.15) is 0 Å². The number of aliphatic hydroxyl groups is 1. The summed E-state index contributed by atoms with van der Waals surface area (Å²) in [5.41, 5.74) is 2.46. The number of nitrogens with zero attached hydrogens (tertiary/aromatic N) is 4. The number of Topliss-reactive ketones (excluding diaryl/α,β-unsaturated/α-hetero) is 1. The van der Waals surface area contributed by atoms with Crippen LogP contribution in [0, 0.1) is 18.8 Å². The fourth-order valence-electron chi connectivity index (χ4n) is 4.17. The summed E-state index contributed by atoms with van der Waals surface area (Å²) in [7, 11) is 0. The molecule has 180 valence electrons. The molecule has 1 atom stereocenters. The molecule has 0 aromatic carbocycles. The highest BCUT2D eigenvalue weighted by atomic mass is 16.5. The Labute approximate surface area is 197 Å². The van der Waals surface area contributed by atoms with Gasteiger partial charge < -0.3 is 14.7 Å². The van der Waals surface area contributed by atoms with Crippen molar-refractivity contribution >= 4 is 11.7 Å². The molecule has 1 aliphatic rings. The number of ether oxygens (including phenoxy) is 1. The van der Waals surface area contributed by atoms with Crippen LogP contribution < -0.4 is 9.64 Å². The maximum atomic E-state index is 12.3. The second-order valence-electron chi connectivity index (χ2n) is 9.59. The first kappa shape index (κ1) is 25.1. The van der Waals surface area contributed by atoms with Crippen LogP contribution in [0.5, 0.6) is 5.88 Å². The van der Waals surface area contributed by atoms with Gasteiger partial charge in [0.25, 0.3) is 0 Å². The molecular weight excluding hydrogens is 416 g/mol. The molecule has 2 aromatic heterocycles. The second-order valence-corrected chi connectivity index (χ2v) is 9.59. The Kier molecular flexibility index (Phi) is 9.18. The Bertz CT molecular complexity index is 893. The molecule has 3 rings (SSSR count). The van der Waals surface area contributed by atoms with Crippen LogP contribution in [0.2, 0.25) is 0 Å². The highest BCUT2D eigenvalue weighted by Crippen LogP contribution is 2.25. The normalized spacial score (nSPS) is 15.6. The highest BCUT2D eigenvalue weighted by molar-refractivity contribution is 5.97. The van der Waals surface area contributed by atoms with Crippen molar-refractivity contribution in [2.75, 3.05) is 31.2 Å². The first-order valence-corrected chi connectivity index (χ1v) is 12.2. The minimum absolute atomic E-state index is 0.0115. The van der Waals surface area contributed by atoms with E-state index in [1.165, 1.54) is 5.56 Å². The molecular formula is C26H38N4O3. The molecule has 0 unspecified atom stereocenters. The summed E-state index contributed by atoms with van der Waals surface area (Å²) in [5.74, 6) is 2.53. The number of aryl methyl sites for hydroxylation is 1. The summed E-state index contributed by atoms with van der Waals surface area (Å²) in [4.78, 5) is 28.2. The van der Waals surface area contributed by atoms with Gasteiger partial charge in [0.05, 0.1) is 12.3 Å². The standard InChI is InChI=1S/C26H38N4O3/c1-18(2)22-15-27-26(28-16-22)30-11-9-21(10-12-30)6-5-13-33-25-8-7-23(20(4)29-25)24(32)14-19(3)17-31/h7-8,15-16,18-19,21,31H,5-6,9-14,17H2,1-4H3/t19-/m0/s1. The van der Waals surface area contributed by atoms with E-state index in [9.17, 15) is 4.79 Å². The van der Waals surface area contributed by atoms with Gasteiger partial charge in [-0.3, -0.25) is 4.79 Å². The zero-order chi connectivity index (χ0) is 23.8. The Hall–Kier alpha value is -2.54. The van der Waals surface area contributed by atoms with Crippen molar-refractivity contribution in [3.05, 3.63) is 41.3 Å². The molecule has 0 aliphatic carbocycles. The molecule has 0 spiro atoms. The predicted octanol–water partition coefficient (Wildman–Crippen LogP) is 4.58. The number of hydrogen-bond donors (Lipinski definition) is 1. The van der Waals surface area contributed by atoms with Crippen molar-refractivity contribution in [3.8, 4) is 5.88 Å². The summed E-state index contributed by atoms with van der Waals surface area (Å²) < 4.78 is 5.84. The van der Waals surface area contributed by atoms with Crippen molar-refractivity contribution in [1.82, 2.24) is 15.0 Å². The summed E-state index contributed by atoms with van der Waals surface area (Å²) in [6, 6.07) is 3.56. The van der Waals surface area contributed by atoms with Gasteiger partial charge in [0, 0.05) is 50.1 Å². The number of hydrogen-bond acceptors (Lipinski definition) is 7. The smallest absolute Gasteiger partial charge is 0.225 e. The maximum Gasteiger partial charge on any atom is 0.225 e. The lowest BCUT2D eigenvalue weighted by molar-refractivity contribution is 0.0942. The average molecular weight is 455 g/mol. The maximum absolute atomic E-state index is 12.3. The van der Waals surface area contributed by atoms with E-state index in [-0.39, 0.29) is 18.3 Å². The monoisotopic (exact) mass is 454 g/mol. The number of rotatable bonds is 11.